The molecule has 1 unspecified atom stereocenters. The van der Waals surface area contributed by atoms with Crippen molar-refractivity contribution >= 4 is 26.7 Å². The van der Waals surface area contributed by atoms with E-state index in [2.05, 4.69) is 5.32 Å². The van der Waals surface area contributed by atoms with Crippen molar-refractivity contribution in [2.24, 2.45) is 0 Å². The molecule has 3 aromatic carbocycles. The van der Waals surface area contributed by atoms with Gasteiger partial charge >= 0.3 is 0 Å². The van der Waals surface area contributed by atoms with Crippen LogP contribution in [0.25, 0.3) is 10.8 Å². The maximum atomic E-state index is 13.3. The largest absolute Gasteiger partial charge is 0.493 e. The topological polar surface area (TPSA) is 75.7 Å². The highest BCUT2D eigenvalue weighted by molar-refractivity contribution is 7.89. The summed E-state index contributed by atoms with van der Waals surface area (Å²) < 4.78 is 34.0. The summed E-state index contributed by atoms with van der Waals surface area (Å²) in [6.45, 7) is 5.19. The lowest BCUT2D eigenvalue weighted by Gasteiger charge is -2.34. The summed E-state index contributed by atoms with van der Waals surface area (Å²) in [7, 11) is -3.57. The fraction of sp³-hybridized carbons (Fsp3) is 0.370. The summed E-state index contributed by atoms with van der Waals surface area (Å²) in [5, 5.41) is 4.83. The number of nitrogens with zero attached hydrogens (tertiary/aromatic N) is 1. The Morgan fingerprint density at radius 2 is 1.82 bits per heavy atom. The Morgan fingerprint density at radius 1 is 1.06 bits per heavy atom. The maximum Gasteiger partial charge on any atom is 0.255 e. The summed E-state index contributed by atoms with van der Waals surface area (Å²) in [6, 6.07) is 18.4. The quantitative estimate of drug-likeness (QED) is 0.497. The Hall–Kier alpha value is -2.90. The van der Waals surface area contributed by atoms with E-state index < -0.39 is 10.0 Å². The van der Waals surface area contributed by atoms with Gasteiger partial charge in [0.2, 0.25) is 10.0 Å². The third-order valence-corrected chi connectivity index (χ3v) is 8.35. The zero-order valence-electron chi connectivity index (χ0n) is 19.8. The van der Waals surface area contributed by atoms with Crippen LogP contribution in [0.15, 0.2) is 65.6 Å². The number of ether oxygens (including phenoxy) is 1. The molecule has 1 fully saturated rings. The normalized spacial score (nSPS) is 16.9. The number of sulfonamides is 1. The number of fused-ring (bicyclic) bond motifs is 1. The highest BCUT2D eigenvalue weighted by atomic mass is 32.2. The number of benzene rings is 3. The van der Waals surface area contributed by atoms with Gasteiger partial charge in [0, 0.05) is 19.1 Å². The molecule has 0 aromatic heterocycles. The van der Waals surface area contributed by atoms with Crippen molar-refractivity contribution in [3.05, 3.63) is 71.8 Å². The highest BCUT2D eigenvalue weighted by Gasteiger charge is 2.33. The Morgan fingerprint density at radius 3 is 2.59 bits per heavy atom. The molecule has 1 saturated heterocycles. The number of nitrogens with one attached hydrogen (secondary N) is 1. The minimum atomic E-state index is -3.57. The van der Waals surface area contributed by atoms with E-state index in [4.69, 9.17) is 4.74 Å². The molecule has 1 N–H and O–H groups in total. The molecule has 0 saturated carbocycles. The predicted molar refractivity (Wildman–Crippen MR) is 135 cm³/mol. The molecular formula is C27H32N2O4S. The molecule has 0 aliphatic carbocycles. The standard InChI is InChI=1S/C27H32N2O4S/c1-3-33-25-16-13-21-8-4-5-10-24(21)26(25)27(30)28-18-17-22-9-6-7-19-29(22)34(31,32)23-14-11-20(2)12-15-23/h4-5,8,10-16,22H,3,6-7,9,17-19H2,1-2H3,(H,28,30). The van der Waals surface area contributed by atoms with Gasteiger partial charge < -0.3 is 10.1 Å². The van der Waals surface area contributed by atoms with Gasteiger partial charge in [-0.05, 0) is 62.1 Å². The zero-order valence-corrected chi connectivity index (χ0v) is 20.6. The van der Waals surface area contributed by atoms with Crippen molar-refractivity contribution in [1.82, 2.24) is 9.62 Å². The fourth-order valence-electron chi connectivity index (χ4n) is 4.63. The summed E-state index contributed by atoms with van der Waals surface area (Å²) >= 11 is 0. The van der Waals surface area contributed by atoms with Crippen molar-refractivity contribution in [2.45, 2.75) is 50.5 Å². The molecule has 1 aliphatic rings. The second-order valence-electron chi connectivity index (χ2n) is 8.72. The minimum Gasteiger partial charge on any atom is -0.493 e. The van der Waals surface area contributed by atoms with E-state index in [-0.39, 0.29) is 11.9 Å². The first-order chi connectivity index (χ1) is 16.4. The fourth-order valence-corrected chi connectivity index (χ4v) is 6.35. The van der Waals surface area contributed by atoms with E-state index in [0.29, 0.717) is 42.3 Å². The number of carbonyl (C=O) groups is 1. The molecule has 1 aliphatic heterocycles. The number of carbonyl (C=O) groups excluding carboxylic acids is 1. The van der Waals surface area contributed by atoms with Crippen molar-refractivity contribution in [3.63, 3.8) is 0 Å². The van der Waals surface area contributed by atoms with Gasteiger partial charge in [0.25, 0.3) is 5.91 Å². The highest BCUT2D eigenvalue weighted by Crippen LogP contribution is 2.29. The SMILES string of the molecule is CCOc1ccc2ccccc2c1C(=O)NCCC1CCCCN1S(=O)(=O)c1ccc(C)cc1. The zero-order chi connectivity index (χ0) is 24.1. The summed E-state index contributed by atoms with van der Waals surface area (Å²) in [6.07, 6.45) is 3.18. The Bertz CT molecular complexity index is 1260. The second-order valence-corrected chi connectivity index (χ2v) is 10.6. The summed E-state index contributed by atoms with van der Waals surface area (Å²) in [4.78, 5) is 13.5. The number of piperidine rings is 1. The number of hydrogen-bond acceptors (Lipinski definition) is 4. The smallest absolute Gasteiger partial charge is 0.255 e. The van der Waals surface area contributed by atoms with Crippen LogP contribution in [0.1, 0.15) is 48.5 Å². The second kappa shape index (κ2) is 10.6. The lowest BCUT2D eigenvalue weighted by atomic mass is 10.0. The van der Waals surface area contributed by atoms with E-state index >= 15 is 0 Å². The Labute approximate surface area is 202 Å². The van der Waals surface area contributed by atoms with Crippen molar-refractivity contribution in [3.8, 4) is 5.75 Å². The third kappa shape index (κ3) is 5.10. The molecule has 3 aromatic rings. The summed E-state index contributed by atoms with van der Waals surface area (Å²) in [5.74, 6) is 0.351. The van der Waals surface area contributed by atoms with Crippen LogP contribution in [0.3, 0.4) is 0 Å². The van der Waals surface area contributed by atoms with Crippen LogP contribution in [0.2, 0.25) is 0 Å². The average molecular weight is 481 g/mol. The van der Waals surface area contributed by atoms with E-state index in [0.717, 1.165) is 35.6 Å². The minimum absolute atomic E-state index is 0.140. The predicted octanol–water partition coefficient (Wildman–Crippen LogP) is 4.91. The van der Waals surface area contributed by atoms with Crippen LogP contribution >= 0.6 is 0 Å². The third-order valence-electron chi connectivity index (χ3n) is 6.38. The van der Waals surface area contributed by atoms with Gasteiger partial charge in [-0.15, -0.1) is 0 Å². The van der Waals surface area contributed by atoms with Crippen LogP contribution in [0.4, 0.5) is 0 Å². The molecule has 0 radical (unpaired) electrons. The molecule has 0 spiro atoms. The number of rotatable bonds is 8. The van der Waals surface area contributed by atoms with E-state index in [1.165, 1.54) is 0 Å². The molecule has 1 heterocycles. The lowest BCUT2D eigenvalue weighted by Crippen LogP contribution is -2.45. The Balaban J connectivity index is 1.49. The first-order valence-corrected chi connectivity index (χ1v) is 13.4. The molecule has 0 bridgehead atoms. The molecule has 4 rings (SSSR count). The molecule has 7 heteroatoms. The molecule has 34 heavy (non-hydrogen) atoms. The average Bonchev–Trinajstić information content (AvgIpc) is 2.84. The molecule has 6 nitrogen and oxygen atoms in total. The number of hydrogen-bond donors (Lipinski definition) is 1. The van der Waals surface area contributed by atoms with Crippen LogP contribution in [-0.2, 0) is 10.0 Å². The van der Waals surface area contributed by atoms with Gasteiger partial charge in [0.15, 0.2) is 0 Å². The van der Waals surface area contributed by atoms with Crippen molar-refractivity contribution in [2.75, 3.05) is 19.7 Å². The first-order valence-electron chi connectivity index (χ1n) is 11.9. The summed E-state index contributed by atoms with van der Waals surface area (Å²) in [5.41, 5.74) is 1.55. The van der Waals surface area contributed by atoms with Crippen molar-refractivity contribution in [1.29, 1.82) is 0 Å². The lowest BCUT2D eigenvalue weighted by molar-refractivity contribution is 0.0947. The van der Waals surface area contributed by atoms with Crippen LogP contribution < -0.4 is 10.1 Å². The monoisotopic (exact) mass is 480 g/mol. The Kier molecular flexibility index (Phi) is 7.54. The van der Waals surface area contributed by atoms with Crippen LogP contribution in [-0.4, -0.2) is 44.4 Å². The number of aryl methyl sites for hydroxylation is 1. The molecule has 180 valence electrons. The molecule has 1 atom stereocenters. The number of amides is 1. The van der Waals surface area contributed by atoms with E-state index in [1.54, 1.807) is 16.4 Å². The molecule has 1 amide bonds. The first kappa shape index (κ1) is 24.2. The maximum absolute atomic E-state index is 13.3. The van der Waals surface area contributed by atoms with Crippen molar-refractivity contribution < 1.29 is 17.9 Å². The van der Waals surface area contributed by atoms with E-state index in [9.17, 15) is 13.2 Å². The van der Waals surface area contributed by atoms with E-state index in [1.807, 2.05) is 62.4 Å². The van der Waals surface area contributed by atoms with Crippen LogP contribution in [0.5, 0.6) is 5.75 Å². The van der Waals surface area contributed by atoms with Gasteiger partial charge in [-0.25, -0.2) is 8.42 Å². The van der Waals surface area contributed by atoms with Gasteiger partial charge in [0.05, 0.1) is 17.1 Å². The molecular weight excluding hydrogens is 448 g/mol. The van der Waals surface area contributed by atoms with Gasteiger partial charge in [-0.1, -0.05) is 54.4 Å². The van der Waals surface area contributed by atoms with Gasteiger partial charge in [0.1, 0.15) is 5.75 Å². The van der Waals surface area contributed by atoms with Crippen LogP contribution in [0, 0.1) is 6.92 Å². The van der Waals surface area contributed by atoms with Gasteiger partial charge in [-0.3, -0.25) is 4.79 Å². The van der Waals surface area contributed by atoms with Gasteiger partial charge in [-0.2, -0.15) is 4.31 Å².